The van der Waals surface area contributed by atoms with Crippen molar-refractivity contribution in [2.75, 3.05) is 0 Å². The highest BCUT2D eigenvalue weighted by Gasteiger charge is 2.12. The molecule has 0 aliphatic carbocycles. The van der Waals surface area contributed by atoms with Gasteiger partial charge < -0.3 is 4.57 Å². The number of rotatable bonds is 3. The lowest BCUT2D eigenvalue weighted by molar-refractivity contribution is 0.112. The third-order valence-corrected chi connectivity index (χ3v) is 4.59. The van der Waals surface area contributed by atoms with E-state index in [0.29, 0.717) is 12.1 Å². The van der Waals surface area contributed by atoms with Crippen LogP contribution in [0.25, 0.3) is 21.8 Å². The van der Waals surface area contributed by atoms with Crippen LogP contribution in [0, 0.1) is 0 Å². The van der Waals surface area contributed by atoms with E-state index in [1.807, 2.05) is 54.6 Å². The average Bonchev–Trinajstić information content (AvgIpc) is 2.90. The van der Waals surface area contributed by atoms with Crippen LogP contribution in [0.3, 0.4) is 0 Å². The van der Waals surface area contributed by atoms with Crippen molar-refractivity contribution in [3.05, 3.63) is 82.9 Å². The van der Waals surface area contributed by atoms with E-state index in [-0.39, 0.29) is 0 Å². The van der Waals surface area contributed by atoms with E-state index in [0.717, 1.165) is 38.7 Å². The molecule has 1 heterocycles. The molecule has 0 saturated heterocycles. The fourth-order valence-corrected chi connectivity index (χ4v) is 3.31. The Morgan fingerprint density at radius 3 is 2.43 bits per heavy atom. The van der Waals surface area contributed by atoms with Crippen molar-refractivity contribution in [2.45, 2.75) is 6.54 Å². The zero-order valence-corrected chi connectivity index (χ0v) is 13.1. The summed E-state index contributed by atoms with van der Waals surface area (Å²) in [5.41, 5.74) is 4.02. The van der Waals surface area contributed by atoms with Gasteiger partial charge in [-0.25, -0.2) is 0 Å². The summed E-state index contributed by atoms with van der Waals surface area (Å²) in [7, 11) is 0. The van der Waals surface area contributed by atoms with E-state index in [4.69, 9.17) is 11.6 Å². The lowest BCUT2D eigenvalue weighted by Gasteiger charge is -2.09. The smallest absolute Gasteiger partial charge is 0.150 e. The molecule has 1 aromatic heterocycles. The number of aromatic nitrogens is 1. The number of aldehydes is 1. The fourth-order valence-electron chi connectivity index (χ4n) is 3.11. The minimum atomic E-state index is 0.693. The van der Waals surface area contributed by atoms with Gasteiger partial charge in [0.05, 0.1) is 0 Å². The van der Waals surface area contributed by atoms with Gasteiger partial charge in [-0.3, -0.25) is 4.79 Å². The number of nitrogens with zero attached hydrogens (tertiary/aromatic N) is 1. The highest BCUT2D eigenvalue weighted by atomic mass is 35.5. The van der Waals surface area contributed by atoms with Crippen molar-refractivity contribution >= 4 is 39.7 Å². The van der Waals surface area contributed by atoms with Crippen molar-refractivity contribution in [3.8, 4) is 0 Å². The van der Waals surface area contributed by atoms with E-state index >= 15 is 0 Å². The topological polar surface area (TPSA) is 22.0 Å². The fraction of sp³-hybridized carbons (Fsp3) is 0.0500. The summed E-state index contributed by atoms with van der Waals surface area (Å²) in [6.45, 7) is 0.699. The summed E-state index contributed by atoms with van der Waals surface area (Å²) in [5.74, 6) is 0. The zero-order chi connectivity index (χ0) is 15.8. The van der Waals surface area contributed by atoms with Crippen LogP contribution in [-0.4, -0.2) is 10.9 Å². The number of fused-ring (bicyclic) bond motifs is 3. The van der Waals surface area contributed by atoms with Crippen LogP contribution in [0.15, 0.2) is 66.7 Å². The third-order valence-electron chi connectivity index (χ3n) is 4.22. The van der Waals surface area contributed by atoms with Gasteiger partial charge in [0, 0.05) is 38.9 Å². The number of carbonyl (C=O) groups excluding carboxylic acids is 1. The Hall–Kier alpha value is -2.58. The second kappa shape index (κ2) is 5.56. The average molecular weight is 320 g/mol. The first-order chi connectivity index (χ1) is 11.3. The first-order valence-electron chi connectivity index (χ1n) is 7.47. The lowest BCUT2D eigenvalue weighted by atomic mass is 10.1. The molecule has 0 bridgehead atoms. The lowest BCUT2D eigenvalue weighted by Crippen LogP contribution is -2.00. The maximum Gasteiger partial charge on any atom is 0.150 e. The molecule has 0 unspecified atom stereocenters. The van der Waals surface area contributed by atoms with Gasteiger partial charge in [0.15, 0.2) is 0 Å². The molecule has 112 valence electrons. The van der Waals surface area contributed by atoms with Crippen molar-refractivity contribution in [1.29, 1.82) is 0 Å². The van der Waals surface area contributed by atoms with Crippen LogP contribution >= 0.6 is 11.6 Å². The quantitative estimate of drug-likeness (QED) is 0.469. The largest absolute Gasteiger partial charge is 0.336 e. The Labute approximate surface area is 138 Å². The number of hydrogen-bond acceptors (Lipinski definition) is 1. The minimum Gasteiger partial charge on any atom is -0.336 e. The predicted octanol–water partition coefficient (Wildman–Crippen LogP) is 5.31. The van der Waals surface area contributed by atoms with E-state index in [2.05, 4.69) is 16.7 Å². The van der Waals surface area contributed by atoms with Crippen LogP contribution in [-0.2, 0) is 6.54 Å². The molecule has 4 aromatic rings. The predicted molar refractivity (Wildman–Crippen MR) is 95.4 cm³/mol. The van der Waals surface area contributed by atoms with E-state index in [1.165, 1.54) is 0 Å². The molecule has 0 radical (unpaired) electrons. The number of carbonyl (C=O) groups is 1. The molecular formula is C20H14ClNO. The van der Waals surface area contributed by atoms with Crippen LogP contribution in [0.4, 0.5) is 0 Å². The van der Waals surface area contributed by atoms with Gasteiger partial charge in [-0.1, -0.05) is 48.0 Å². The van der Waals surface area contributed by atoms with Gasteiger partial charge in [0.2, 0.25) is 0 Å². The summed E-state index contributed by atoms with van der Waals surface area (Å²) in [6, 6.07) is 22.0. The van der Waals surface area contributed by atoms with Crippen molar-refractivity contribution < 1.29 is 4.79 Å². The Bertz CT molecular complexity index is 1030. The second-order valence-corrected chi connectivity index (χ2v) is 6.00. The van der Waals surface area contributed by atoms with Crippen LogP contribution in [0.5, 0.6) is 0 Å². The van der Waals surface area contributed by atoms with Gasteiger partial charge in [0.1, 0.15) is 6.29 Å². The molecule has 0 N–H and O–H groups in total. The van der Waals surface area contributed by atoms with Crippen LogP contribution < -0.4 is 0 Å². The maximum absolute atomic E-state index is 11.1. The van der Waals surface area contributed by atoms with Crippen molar-refractivity contribution in [2.24, 2.45) is 0 Å². The molecular weight excluding hydrogens is 306 g/mol. The number of para-hydroxylation sites is 1. The Morgan fingerprint density at radius 2 is 1.61 bits per heavy atom. The molecule has 3 aromatic carbocycles. The van der Waals surface area contributed by atoms with Crippen LogP contribution in [0.1, 0.15) is 15.9 Å². The van der Waals surface area contributed by atoms with E-state index in [1.54, 1.807) is 0 Å². The van der Waals surface area contributed by atoms with Gasteiger partial charge in [-0.15, -0.1) is 0 Å². The molecule has 0 aliphatic heterocycles. The molecule has 0 spiro atoms. The number of halogens is 1. The summed E-state index contributed by atoms with van der Waals surface area (Å²) in [5, 5.41) is 3.01. The summed E-state index contributed by atoms with van der Waals surface area (Å²) in [6.07, 6.45) is 0.889. The molecule has 2 nitrogen and oxygen atoms in total. The molecule has 0 aliphatic rings. The standard InChI is InChI=1S/C20H14ClNO/c21-18-7-3-1-5-15(18)12-22-19-8-4-2-6-16(19)17-11-14(13-23)9-10-20(17)22/h1-11,13H,12H2. The molecule has 0 amide bonds. The van der Waals surface area contributed by atoms with Crippen LogP contribution in [0.2, 0.25) is 5.02 Å². The molecule has 23 heavy (non-hydrogen) atoms. The maximum atomic E-state index is 11.1. The molecule has 0 fully saturated rings. The SMILES string of the molecule is O=Cc1ccc2c(c1)c1ccccc1n2Cc1ccccc1Cl. The van der Waals surface area contributed by atoms with Gasteiger partial charge in [-0.2, -0.15) is 0 Å². The molecule has 4 rings (SSSR count). The Morgan fingerprint density at radius 1 is 0.870 bits per heavy atom. The monoisotopic (exact) mass is 319 g/mol. The first kappa shape index (κ1) is 14.0. The van der Waals surface area contributed by atoms with Crippen molar-refractivity contribution in [1.82, 2.24) is 4.57 Å². The van der Waals surface area contributed by atoms with E-state index in [9.17, 15) is 4.79 Å². The van der Waals surface area contributed by atoms with Gasteiger partial charge >= 0.3 is 0 Å². The number of hydrogen-bond donors (Lipinski definition) is 0. The zero-order valence-electron chi connectivity index (χ0n) is 12.4. The van der Waals surface area contributed by atoms with E-state index < -0.39 is 0 Å². The first-order valence-corrected chi connectivity index (χ1v) is 7.85. The molecule has 3 heteroatoms. The number of benzene rings is 3. The van der Waals surface area contributed by atoms with Gasteiger partial charge in [0.25, 0.3) is 0 Å². The highest BCUT2D eigenvalue weighted by Crippen LogP contribution is 2.31. The summed E-state index contributed by atoms with van der Waals surface area (Å²) in [4.78, 5) is 11.1. The minimum absolute atomic E-state index is 0.693. The van der Waals surface area contributed by atoms with Crippen molar-refractivity contribution in [3.63, 3.8) is 0 Å². The Balaban J connectivity index is 2.00. The third kappa shape index (κ3) is 2.32. The second-order valence-electron chi connectivity index (χ2n) is 5.59. The highest BCUT2D eigenvalue weighted by molar-refractivity contribution is 6.31. The normalized spacial score (nSPS) is 11.2. The summed E-state index contributed by atoms with van der Waals surface area (Å²) >= 11 is 6.33. The molecule has 0 atom stereocenters. The summed E-state index contributed by atoms with van der Waals surface area (Å²) < 4.78 is 2.25. The Kier molecular flexibility index (Phi) is 3.40. The van der Waals surface area contributed by atoms with Gasteiger partial charge in [-0.05, 0) is 35.9 Å². The molecule has 0 saturated carbocycles.